The van der Waals surface area contributed by atoms with Gasteiger partial charge in [0.05, 0.1) is 12.6 Å². The molecule has 1 unspecified atom stereocenters. The molecule has 0 spiro atoms. The van der Waals surface area contributed by atoms with Crippen molar-refractivity contribution in [2.24, 2.45) is 5.73 Å². The highest BCUT2D eigenvalue weighted by Gasteiger charge is 2.05. The molecule has 1 atom stereocenters. The van der Waals surface area contributed by atoms with E-state index in [0.717, 1.165) is 0 Å². The minimum atomic E-state index is -0.501. The largest absolute Gasteiger partial charge is 0.394 e. The van der Waals surface area contributed by atoms with Gasteiger partial charge in [0.2, 0.25) is 0 Å². The number of aliphatic hydroxyl groups is 1. The maximum atomic E-state index is 10.8. The van der Waals surface area contributed by atoms with Gasteiger partial charge >= 0.3 is 0 Å². The van der Waals surface area contributed by atoms with Crippen LogP contribution in [-0.2, 0) is 0 Å². The van der Waals surface area contributed by atoms with E-state index in [9.17, 15) is 4.79 Å². The van der Waals surface area contributed by atoms with Crippen molar-refractivity contribution < 1.29 is 5.11 Å². The highest BCUT2D eigenvalue weighted by Crippen LogP contribution is 2.10. The Morgan fingerprint density at radius 2 is 2.42 bits per heavy atom. The van der Waals surface area contributed by atoms with Crippen LogP contribution in [-0.4, -0.2) is 16.7 Å². The smallest absolute Gasteiger partial charge is 0.266 e. The molecule has 4 nitrogen and oxygen atoms in total. The maximum Gasteiger partial charge on any atom is 0.266 e. The van der Waals surface area contributed by atoms with Gasteiger partial charge in [-0.1, -0.05) is 11.6 Å². The second kappa shape index (κ2) is 3.71. The van der Waals surface area contributed by atoms with Crippen LogP contribution in [0, 0.1) is 0 Å². The summed E-state index contributed by atoms with van der Waals surface area (Å²) >= 11 is 5.53. The summed E-state index contributed by atoms with van der Waals surface area (Å²) in [5.74, 6) is 0. The fraction of sp³-hybridized carbons (Fsp3) is 0.286. The predicted octanol–water partition coefficient (Wildman–Crippen LogP) is 0.0204. The van der Waals surface area contributed by atoms with Crippen molar-refractivity contribution in [1.29, 1.82) is 0 Å². The van der Waals surface area contributed by atoms with E-state index in [-0.39, 0.29) is 17.2 Å². The highest BCUT2D eigenvalue weighted by atomic mass is 35.5. The molecule has 1 heterocycles. The van der Waals surface area contributed by atoms with E-state index in [1.54, 1.807) is 0 Å². The number of aromatic nitrogens is 1. The third-order valence-electron chi connectivity index (χ3n) is 1.51. The van der Waals surface area contributed by atoms with Crippen molar-refractivity contribution in [1.82, 2.24) is 4.98 Å². The molecule has 0 saturated heterocycles. The Morgan fingerprint density at radius 3 is 2.92 bits per heavy atom. The van der Waals surface area contributed by atoms with Crippen LogP contribution in [0.15, 0.2) is 17.1 Å². The zero-order chi connectivity index (χ0) is 9.14. The molecule has 0 aliphatic carbocycles. The number of H-pyrrole nitrogens is 1. The van der Waals surface area contributed by atoms with Gasteiger partial charge in [0.15, 0.2) is 0 Å². The van der Waals surface area contributed by atoms with Gasteiger partial charge in [-0.25, -0.2) is 0 Å². The Bertz CT molecular complexity index is 323. The molecule has 5 heteroatoms. The van der Waals surface area contributed by atoms with Crippen molar-refractivity contribution in [3.63, 3.8) is 0 Å². The molecule has 0 radical (unpaired) electrons. The molecule has 1 rings (SSSR count). The number of hydrogen-bond acceptors (Lipinski definition) is 3. The first-order valence-electron chi connectivity index (χ1n) is 3.39. The standard InChI is InChI=1S/C7H9ClN2O2/c8-5-1-4(6(9)3-11)2-10-7(5)12/h1-2,6,11H,3,9H2,(H,10,12). The average molecular weight is 189 g/mol. The van der Waals surface area contributed by atoms with Crippen LogP contribution in [0.3, 0.4) is 0 Å². The summed E-state index contributed by atoms with van der Waals surface area (Å²) in [5.41, 5.74) is 5.74. The lowest BCUT2D eigenvalue weighted by atomic mass is 10.1. The number of hydrogen-bond donors (Lipinski definition) is 3. The summed E-state index contributed by atoms with van der Waals surface area (Å²) in [6, 6.07) is 0.945. The van der Waals surface area contributed by atoms with Crippen molar-refractivity contribution in [3.05, 3.63) is 33.2 Å². The molecule has 4 N–H and O–H groups in total. The minimum Gasteiger partial charge on any atom is -0.394 e. The summed E-state index contributed by atoms with van der Waals surface area (Å²) in [6.45, 7) is -0.178. The third kappa shape index (κ3) is 1.85. The number of halogens is 1. The fourth-order valence-corrected chi connectivity index (χ4v) is 0.971. The summed E-state index contributed by atoms with van der Waals surface area (Å²) in [4.78, 5) is 13.2. The van der Waals surface area contributed by atoms with E-state index in [1.165, 1.54) is 12.3 Å². The van der Waals surface area contributed by atoms with Crippen molar-refractivity contribution in [3.8, 4) is 0 Å². The number of aliphatic hydroxyl groups excluding tert-OH is 1. The Kier molecular flexibility index (Phi) is 2.86. The Morgan fingerprint density at radius 1 is 1.75 bits per heavy atom. The van der Waals surface area contributed by atoms with Gasteiger partial charge in [0, 0.05) is 6.20 Å². The molecule has 0 aliphatic heterocycles. The number of nitrogens with one attached hydrogen (secondary N) is 1. The van der Waals surface area contributed by atoms with Crippen molar-refractivity contribution in [2.75, 3.05) is 6.61 Å². The molecule has 12 heavy (non-hydrogen) atoms. The van der Waals surface area contributed by atoms with Gasteiger partial charge in [0.1, 0.15) is 5.02 Å². The summed E-state index contributed by atoms with van der Waals surface area (Å²) in [5, 5.41) is 8.77. The van der Waals surface area contributed by atoms with Crippen LogP contribution in [0.5, 0.6) is 0 Å². The van der Waals surface area contributed by atoms with E-state index in [1.807, 2.05) is 0 Å². The van der Waals surface area contributed by atoms with Gasteiger partial charge in [-0.05, 0) is 11.6 Å². The molecular weight excluding hydrogens is 180 g/mol. The van der Waals surface area contributed by atoms with Gasteiger partial charge < -0.3 is 15.8 Å². The summed E-state index contributed by atoms with van der Waals surface area (Å²) in [7, 11) is 0. The molecule has 0 amide bonds. The molecule has 0 saturated carbocycles. The van der Waals surface area contributed by atoms with Crippen LogP contribution >= 0.6 is 11.6 Å². The van der Waals surface area contributed by atoms with Crippen LogP contribution < -0.4 is 11.3 Å². The Hall–Kier alpha value is -0.840. The number of rotatable bonds is 2. The second-order valence-corrected chi connectivity index (χ2v) is 2.81. The molecule has 0 aromatic carbocycles. The van der Waals surface area contributed by atoms with Crippen molar-refractivity contribution >= 4 is 11.6 Å². The molecule has 66 valence electrons. The fourth-order valence-electron chi connectivity index (χ4n) is 0.791. The average Bonchev–Trinajstić information content (AvgIpc) is 2.08. The Balaban J connectivity index is 3.04. The predicted molar refractivity (Wildman–Crippen MR) is 46.1 cm³/mol. The van der Waals surface area contributed by atoms with Crippen LogP contribution in [0.4, 0.5) is 0 Å². The van der Waals surface area contributed by atoms with Gasteiger partial charge in [-0.15, -0.1) is 0 Å². The van der Waals surface area contributed by atoms with Gasteiger partial charge in [-0.3, -0.25) is 4.79 Å². The third-order valence-corrected chi connectivity index (χ3v) is 1.79. The Labute approximate surface area is 74.0 Å². The molecule has 1 aromatic rings. The first-order chi connectivity index (χ1) is 5.65. The van der Waals surface area contributed by atoms with E-state index in [0.29, 0.717) is 5.56 Å². The first kappa shape index (κ1) is 9.25. The molecular formula is C7H9ClN2O2. The lowest BCUT2D eigenvalue weighted by Crippen LogP contribution is -2.17. The first-order valence-corrected chi connectivity index (χ1v) is 3.77. The molecule has 0 aliphatic rings. The summed E-state index contributed by atoms with van der Waals surface area (Å²) in [6.07, 6.45) is 1.44. The van der Waals surface area contributed by atoms with Gasteiger partial charge in [0.25, 0.3) is 5.56 Å². The van der Waals surface area contributed by atoms with E-state index in [4.69, 9.17) is 22.4 Å². The van der Waals surface area contributed by atoms with Crippen LogP contribution in [0.2, 0.25) is 5.02 Å². The van der Waals surface area contributed by atoms with Crippen LogP contribution in [0.1, 0.15) is 11.6 Å². The van der Waals surface area contributed by atoms with E-state index in [2.05, 4.69) is 4.98 Å². The topological polar surface area (TPSA) is 79.1 Å². The monoisotopic (exact) mass is 188 g/mol. The van der Waals surface area contributed by atoms with E-state index >= 15 is 0 Å². The van der Waals surface area contributed by atoms with Gasteiger partial charge in [-0.2, -0.15) is 0 Å². The minimum absolute atomic E-state index is 0.0800. The van der Waals surface area contributed by atoms with E-state index < -0.39 is 6.04 Å². The number of aromatic amines is 1. The SMILES string of the molecule is NC(CO)c1c[nH]c(=O)c(Cl)c1. The second-order valence-electron chi connectivity index (χ2n) is 2.40. The van der Waals surface area contributed by atoms with Crippen LogP contribution in [0.25, 0.3) is 0 Å². The molecule has 1 aromatic heterocycles. The quantitative estimate of drug-likeness (QED) is 0.612. The maximum absolute atomic E-state index is 10.8. The molecule has 0 fully saturated rings. The highest BCUT2D eigenvalue weighted by molar-refractivity contribution is 6.30. The lowest BCUT2D eigenvalue weighted by Gasteiger charge is -2.07. The number of pyridine rings is 1. The zero-order valence-electron chi connectivity index (χ0n) is 6.25. The zero-order valence-corrected chi connectivity index (χ0v) is 7.01. The number of nitrogens with two attached hydrogens (primary N) is 1. The lowest BCUT2D eigenvalue weighted by molar-refractivity contribution is 0.268. The normalized spacial score (nSPS) is 12.9. The molecule has 0 bridgehead atoms. The summed E-state index contributed by atoms with van der Waals surface area (Å²) < 4.78 is 0. The van der Waals surface area contributed by atoms with Crippen molar-refractivity contribution in [2.45, 2.75) is 6.04 Å².